The highest BCUT2D eigenvalue weighted by Gasteiger charge is 2.07. The molecule has 0 atom stereocenters. The second-order valence-electron chi connectivity index (χ2n) is 4.34. The summed E-state index contributed by atoms with van der Waals surface area (Å²) in [5.41, 5.74) is 3.62. The van der Waals surface area contributed by atoms with Crippen LogP contribution in [0.2, 0.25) is 0 Å². The first-order valence-electron chi connectivity index (χ1n) is 6.16. The molecular formula is C16H17BrO. The summed E-state index contributed by atoms with van der Waals surface area (Å²) in [7, 11) is 0. The van der Waals surface area contributed by atoms with Gasteiger partial charge in [0.2, 0.25) is 0 Å². The van der Waals surface area contributed by atoms with Crippen molar-refractivity contribution in [2.75, 3.05) is 0 Å². The van der Waals surface area contributed by atoms with Gasteiger partial charge in [-0.3, -0.25) is 0 Å². The van der Waals surface area contributed by atoms with E-state index in [1.807, 2.05) is 18.2 Å². The van der Waals surface area contributed by atoms with Crippen molar-refractivity contribution in [2.45, 2.75) is 26.9 Å². The van der Waals surface area contributed by atoms with Crippen LogP contribution in [0.25, 0.3) is 0 Å². The van der Waals surface area contributed by atoms with Gasteiger partial charge in [-0.25, -0.2) is 0 Å². The zero-order valence-electron chi connectivity index (χ0n) is 10.7. The fourth-order valence-corrected chi connectivity index (χ4v) is 2.62. The average Bonchev–Trinajstić information content (AvgIpc) is 2.38. The van der Waals surface area contributed by atoms with Crippen LogP contribution in [0.5, 0.6) is 5.75 Å². The molecule has 1 nitrogen and oxygen atoms in total. The molecule has 0 N–H and O–H groups in total. The average molecular weight is 305 g/mol. The Hall–Kier alpha value is -1.28. The van der Waals surface area contributed by atoms with Gasteiger partial charge in [0.1, 0.15) is 12.4 Å². The molecule has 0 aliphatic rings. The number of halogens is 1. The van der Waals surface area contributed by atoms with E-state index in [9.17, 15) is 0 Å². The zero-order chi connectivity index (χ0) is 13.0. The van der Waals surface area contributed by atoms with E-state index >= 15 is 0 Å². The van der Waals surface area contributed by atoms with Crippen LogP contribution in [0.15, 0.2) is 46.9 Å². The minimum atomic E-state index is 0.621. The van der Waals surface area contributed by atoms with Crippen molar-refractivity contribution in [1.82, 2.24) is 0 Å². The summed E-state index contributed by atoms with van der Waals surface area (Å²) in [6, 6.07) is 14.5. The van der Waals surface area contributed by atoms with Gasteiger partial charge in [-0.2, -0.15) is 0 Å². The molecule has 2 rings (SSSR count). The molecule has 0 amide bonds. The second-order valence-corrected chi connectivity index (χ2v) is 5.25. The van der Waals surface area contributed by atoms with E-state index in [1.54, 1.807) is 0 Å². The standard InChI is InChI=1S/C16H17BrO/c1-3-14-10-15(17)9-12(2)16(14)18-11-13-7-5-4-6-8-13/h4-10H,3,11H2,1-2H3. The third kappa shape index (κ3) is 3.14. The molecule has 0 aliphatic heterocycles. The van der Waals surface area contributed by atoms with Gasteiger partial charge >= 0.3 is 0 Å². The minimum absolute atomic E-state index is 0.621. The van der Waals surface area contributed by atoms with Crippen molar-refractivity contribution in [2.24, 2.45) is 0 Å². The quantitative estimate of drug-likeness (QED) is 0.780. The highest BCUT2D eigenvalue weighted by molar-refractivity contribution is 9.10. The Morgan fingerprint density at radius 1 is 1.11 bits per heavy atom. The molecular weight excluding hydrogens is 288 g/mol. The van der Waals surface area contributed by atoms with Gasteiger partial charge in [0.05, 0.1) is 0 Å². The van der Waals surface area contributed by atoms with E-state index in [4.69, 9.17) is 4.74 Å². The topological polar surface area (TPSA) is 9.23 Å². The van der Waals surface area contributed by atoms with Gasteiger partial charge in [-0.05, 0) is 42.2 Å². The van der Waals surface area contributed by atoms with Crippen molar-refractivity contribution in [3.05, 3.63) is 63.6 Å². The fourth-order valence-electron chi connectivity index (χ4n) is 2.00. The van der Waals surface area contributed by atoms with Crippen LogP contribution in [0, 0.1) is 6.92 Å². The number of hydrogen-bond donors (Lipinski definition) is 0. The predicted molar refractivity (Wildman–Crippen MR) is 79.0 cm³/mol. The monoisotopic (exact) mass is 304 g/mol. The van der Waals surface area contributed by atoms with Gasteiger partial charge in [0.25, 0.3) is 0 Å². The summed E-state index contributed by atoms with van der Waals surface area (Å²) in [6.45, 7) is 4.86. The lowest BCUT2D eigenvalue weighted by Crippen LogP contribution is -2.00. The maximum atomic E-state index is 5.98. The summed E-state index contributed by atoms with van der Waals surface area (Å²) in [5, 5.41) is 0. The first-order valence-corrected chi connectivity index (χ1v) is 6.95. The van der Waals surface area contributed by atoms with E-state index in [2.05, 4.69) is 54.0 Å². The van der Waals surface area contributed by atoms with Crippen molar-refractivity contribution in [3.8, 4) is 5.75 Å². The number of benzene rings is 2. The number of hydrogen-bond acceptors (Lipinski definition) is 1. The van der Waals surface area contributed by atoms with Crippen LogP contribution in [-0.4, -0.2) is 0 Å². The molecule has 0 aromatic heterocycles. The van der Waals surface area contributed by atoms with Crippen molar-refractivity contribution in [1.29, 1.82) is 0 Å². The van der Waals surface area contributed by atoms with E-state index < -0.39 is 0 Å². The first-order chi connectivity index (χ1) is 8.70. The fraction of sp³-hybridized carbons (Fsp3) is 0.250. The molecule has 0 saturated carbocycles. The maximum absolute atomic E-state index is 5.98. The molecule has 0 bridgehead atoms. The lowest BCUT2D eigenvalue weighted by atomic mass is 10.1. The van der Waals surface area contributed by atoms with Crippen molar-refractivity contribution >= 4 is 15.9 Å². The van der Waals surface area contributed by atoms with Crippen LogP contribution in [0.1, 0.15) is 23.6 Å². The second kappa shape index (κ2) is 6.05. The van der Waals surface area contributed by atoms with Crippen LogP contribution >= 0.6 is 15.9 Å². The Kier molecular flexibility index (Phi) is 4.43. The van der Waals surface area contributed by atoms with Gasteiger partial charge in [0, 0.05) is 4.47 Å². The largest absolute Gasteiger partial charge is 0.488 e. The Labute approximate surface area is 117 Å². The molecule has 0 unspecified atom stereocenters. The highest BCUT2D eigenvalue weighted by atomic mass is 79.9. The summed E-state index contributed by atoms with van der Waals surface area (Å²) < 4.78 is 7.09. The molecule has 94 valence electrons. The highest BCUT2D eigenvalue weighted by Crippen LogP contribution is 2.29. The summed E-state index contributed by atoms with van der Waals surface area (Å²) in [5.74, 6) is 1.02. The normalized spacial score (nSPS) is 10.4. The maximum Gasteiger partial charge on any atom is 0.125 e. The minimum Gasteiger partial charge on any atom is -0.488 e. The van der Waals surface area contributed by atoms with E-state index in [0.717, 1.165) is 16.6 Å². The van der Waals surface area contributed by atoms with Crippen molar-refractivity contribution in [3.63, 3.8) is 0 Å². The zero-order valence-corrected chi connectivity index (χ0v) is 12.3. The predicted octanol–water partition coefficient (Wildman–Crippen LogP) is 4.90. The number of ether oxygens (including phenoxy) is 1. The van der Waals surface area contributed by atoms with Gasteiger partial charge < -0.3 is 4.74 Å². The van der Waals surface area contributed by atoms with Gasteiger partial charge in [-0.15, -0.1) is 0 Å². The summed E-state index contributed by atoms with van der Waals surface area (Å²) in [4.78, 5) is 0. The van der Waals surface area contributed by atoms with Crippen LogP contribution < -0.4 is 4.74 Å². The molecule has 2 aromatic carbocycles. The molecule has 0 aliphatic carbocycles. The third-order valence-corrected chi connectivity index (χ3v) is 3.38. The molecule has 0 radical (unpaired) electrons. The van der Waals surface area contributed by atoms with E-state index in [0.29, 0.717) is 6.61 Å². The van der Waals surface area contributed by atoms with E-state index in [-0.39, 0.29) is 0 Å². The van der Waals surface area contributed by atoms with E-state index in [1.165, 1.54) is 16.7 Å². The molecule has 0 spiro atoms. The Morgan fingerprint density at radius 3 is 2.50 bits per heavy atom. The number of rotatable bonds is 4. The molecule has 0 saturated heterocycles. The Bertz CT molecular complexity index is 520. The Balaban J connectivity index is 2.19. The van der Waals surface area contributed by atoms with Crippen molar-refractivity contribution < 1.29 is 4.74 Å². The third-order valence-electron chi connectivity index (χ3n) is 2.92. The summed E-state index contributed by atoms with van der Waals surface area (Å²) >= 11 is 3.53. The molecule has 0 heterocycles. The van der Waals surface area contributed by atoms with Crippen LogP contribution in [0.3, 0.4) is 0 Å². The van der Waals surface area contributed by atoms with Crippen LogP contribution in [0.4, 0.5) is 0 Å². The Morgan fingerprint density at radius 2 is 1.83 bits per heavy atom. The smallest absolute Gasteiger partial charge is 0.125 e. The molecule has 18 heavy (non-hydrogen) atoms. The molecule has 2 heteroatoms. The molecule has 0 fully saturated rings. The first kappa shape index (κ1) is 13.2. The SMILES string of the molecule is CCc1cc(Br)cc(C)c1OCc1ccccc1. The van der Waals surface area contributed by atoms with Crippen LogP contribution in [-0.2, 0) is 13.0 Å². The number of aryl methyl sites for hydroxylation is 2. The molecule has 2 aromatic rings. The van der Waals surface area contributed by atoms with Gasteiger partial charge in [-0.1, -0.05) is 53.2 Å². The summed E-state index contributed by atoms with van der Waals surface area (Å²) in [6.07, 6.45) is 0.977. The van der Waals surface area contributed by atoms with Gasteiger partial charge in [0.15, 0.2) is 0 Å². The lowest BCUT2D eigenvalue weighted by Gasteiger charge is -2.14. The lowest BCUT2D eigenvalue weighted by molar-refractivity contribution is 0.301.